The summed E-state index contributed by atoms with van der Waals surface area (Å²) in [6.45, 7) is 6.66. The van der Waals surface area contributed by atoms with Gasteiger partial charge in [0.2, 0.25) is 5.79 Å². The number of thiocarbonyl (C=S) groups is 1. The lowest BCUT2D eigenvalue weighted by Gasteiger charge is -2.50. The highest BCUT2D eigenvalue weighted by Gasteiger charge is 2.74. The Hall–Kier alpha value is -1.25. The van der Waals surface area contributed by atoms with Gasteiger partial charge in [-0.25, -0.2) is 9.78 Å². The Morgan fingerprint density at radius 1 is 1.14 bits per heavy atom. The average molecular weight is 420 g/mol. The van der Waals surface area contributed by atoms with E-state index in [0.717, 1.165) is 31.4 Å². The molecule has 4 heterocycles. The number of hydrogen-bond donors (Lipinski definition) is 1. The molecular weight excluding hydrogens is 390 g/mol. The summed E-state index contributed by atoms with van der Waals surface area (Å²) in [6.07, 6.45) is 3.49. The number of nitrogens with one attached hydrogen (secondary N) is 1. The Labute approximate surface area is 177 Å². The van der Waals surface area contributed by atoms with Gasteiger partial charge in [-0.15, -0.1) is 0 Å². The van der Waals surface area contributed by atoms with Gasteiger partial charge >= 0.3 is 0 Å². The summed E-state index contributed by atoms with van der Waals surface area (Å²) in [7, 11) is 0. The summed E-state index contributed by atoms with van der Waals surface area (Å²) >= 11 is 5.41. The normalized spacial score (nSPS) is 45.3. The summed E-state index contributed by atoms with van der Waals surface area (Å²) < 4.78 is 18.8. The second-order valence-corrected chi connectivity index (χ2v) is 9.72. The molecule has 1 aliphatic carbocycles. The van der Waals surface area contributed by atoms with E-state index in [4.69, 9.17) is 36.2 Å². The molecule has 5 fully saturated rings. The van der Waals surface area contributed by atoms with E-state index < -0.39 is 23.3 Å². The third-order valence-electron chi connectivity index (χ3n) is 7.34. The summed E-state index contributed by atoms with van der Waals surface area (Å²) in [5.74, 6) is 0.234. The standard InChI is InChI=1S/C22H29NO5S/c1-14-9-10-17-20(2,13-24-19(29)23-15-7-5-4-6-8-15)25-18-22(17)16(14)11-12-21(3,26-18)27-28-22/h4-8,14,16-18H,9-13H2,1-3H3,(H,23,29)/t14-,16?,17+,18-,20-,21+,22-/m1/s1. The lowest BCUT2D eigenvalue weighted by atomic mass is 9.60. The van der Waals surface area contributed by atoms with Crippen LogP contribution in [0.5, 0.6) is 0 Å². The van der Waals surface area contributed by atoms with Gasteiger partial charge in [-0.1, -0.05) is 25.1 Å². The molecule has 1 aromatic carbocycles. The number of rotatable bonds is 3. The molecule has 0 aromatic heterocycles. The van der Waals surface area contributed by atoms with E-state index >= 15 is 0 Å². The van der Waals surface area contributed by atoms with Crippen LogP contribution in [0.2, 0.25) is 0 Å². The molecule has 1 unspecified atom stereocenters. The van der Waals surface area contributed by atoms with Gasteiger partial charge in [-0.2, -0.15) is 0 Å². The number of hydrogen-bond acceptors (Lipinski definition) is 6. The second kappa shape index (κ2) is 6.89. The van der Waals surface area contributed by atoms with Gasteiger partial charge in [0.25, 0.3) is 5.17 Å². The zero-order valence-corrected chi connectivity index (χ0v) is 18.0. The van der Waals surface area contributed by atoms with Gasteiger partial charge in [0.15, 0.2) is 11.9 Å². The fourth-order valence-electron chi connectivity index (χ4n) is 5.83. The van der Waals surface area contributed by atoms with Crippen molar-refractivity contribution in [3.05, 3.63) is 30.3 Å². The maximum absolute atomic E-state index is 6.55. The molecule has 7 heteroatoms. The monoisotopic (exact) mass is 419 g/mol. The van der Waals surface area contributed by atoms with Gasteiger partial charge < -0.3 is 19.5 Å². The first kappa shape index (κ1) is 19.7. The molecule has 1 spiro atoms. The fraction of sp³-hybridized carbons (Fsp3) is 0.682. The third kappa shape index (κ3) is 3.10. The Balaban J connectivity index is 1.36. The number of ether oxygens (including phenoxy) is 3. The fourth-order valence-corrected chi connectivity index (χ4v) is 6.01. The highest BCUT2D eigenvalue weighted by molar-refractivity contribution is 7.80. The zero-order valence-electron chi connectivity index (χ0n) is 17.2. The number of fused-ring (bicyclic) bond motifs is 2. The first-order chi connectivity index (χ1) is 13.8. The largest absolute Gasteiger partial charge is 0.468 e. The smallest absolute Gasteiger partial charge is 0.261 e. The second-order valence-electron chi connectivity index (χ2n) is 9.35. The molecule has 0 amide bonds. The first-order valence-corrected chi connectivity index (χ1v) is 11.0. The van der Waals surface area contributed by atoms with Crippen LogP contribution < -0.4 is 5.32 Å². The minimum Gasteiger partial charge on any atom is -0.468 e. The molecule has 0 radical (unpaired) electrons. The van der Waals surface area contributed by atoms with E-state index in [2.05, 4.69) is 19.2 Å². The van der Waals surface area contributed by atoms with Crippen molar-refractivity contribution in [2.24, 2.45) is 17.8 Å². The molecule has 5 aliphatic rings. The topological polar surface area (TPSA) is 58.2 Å². The molecule has 29 heavy (non-hydrogen) atoms. The Morgan fingerprint density at radius 3 is 2.72 bits per heavy atom. The van der Waals surface area contributed by atoms with Crippen molar-refractivity contribution >= 4 is 23.1 Å². The van der Waals surface area contributed by atoms with E-state index in [9.17, 15) is 0 Å². The van der Waals surface area contributed by atoms with Gasteiger partial charge in [0.05, 0.1) is 0 Å². The quantitative estimate of drug-likeness (QED) is 0.575. The van der Waals surface area contributed by atoms with E-state index in [0.29, 0.717) is 23.6 Å². The molecule has 2 bridgehead atoms. The molecule has 6 rings (SSSR count). The van der Waals surface area contributed by atoms with Crippen molar-refractivity contribution in [3.63, 3.8) is 0 Å². The van der Waals surface area contributed by atoms with E-state index in [1.54, 1.807) is 0 Å². The van der Waals surface area contributed by atoms with Crippen LogP contribution in [0.4, 0.5) is 5.69 Å². The minimum atomic E-state index is -0.756. The Bertz CT molecular complexity index is 793. The predicted octanol–water partition coefficient (Wildman–Crippen LogP) is 4.40. The first-order valence-electron chi connectivity index (χ1n) is 10.6. The van der Waals surface area contributed by atoms with Gasteiger partial charge in [0, 0.05) is 18.0 Å². The summed E-state index contributed by atoms with van der Waals surface area (Å²) in [5.41, 5.74) is -0.255. The Kier molecular flexibility index (Phi) is 4.68. The SMILES string of the molecule is C[C@@H]1CC[C@@H]2[C@]34OO[C@@](C)(CCC13)O[C@H]4O[C@]2(C)COC(=S)Nc1ccccc1. The van der Waals surface area contributed by atoms with Crippen molar-refractivity contribution < 1.29 is 24.0 Å². The maximum Gasteiger partial charge on any atom is 0.261 e. The van der Waals surface area contributed by atoms with Crippen LogP contribution in [-0.4, -0.2) is 35.1 Å². The molecule has 4 aliphatic heterocycles. The summed E-state index contributed by atoms with van der Waals surface area (Å²) in [5, 5.41) is 3.46. The van der Waals surface area contributed by atoms with Crippen molar-refractivity contribution in [2.75, 3.05) is 11.9 Å². The number of para-hydroxylation sites is 1. The van der Waals surface area contributed by atoms with Crippen LogP contribution in [0.1, 0.15) is 46.5 Å². The van der Waals surface area contributed by atoms with E-state index in [-0.39, 0.29) is 5.92 Å². The zero-order chi connectivity index (χ0) is 20.3. The van der Waals surface area contributed by atoms with Crippen molar-refractivity contribution in [2.45, 2.75) is 69.7 Å². The van der Waals surface area contributed by atoms with Crippen molar-refractivity contribution in [1.82, 2.24) is 0 Å². The number of benzene rings is 1. The van der Waals surface area contributed by atoms with Crippen LogP contribution in [-0.2, 0) is 24.0 Å². The molecular formula is C22H29NO5S. The molecule has 6 nitrogen and oxygen atoms in total. The Morgan fingerprint density at radius 2 is 1.93 bits per heavy atom. The molecule has 1 N–H and O–H groups in total. The molecule has 1 saturated carbocycles. The third-order valence-corrected chi connectivity index (χ3v) is 7.56. The molecule has 158 valence electrons. The van der Waals surface area contributed by atoms with Crippen LogP contribution in [0, 0.1) is 17.8 Å². The van der Waals surface area contributed by atoms with Crippen molar-refractivity contribution in [1.29, 1.82) is 0 Å². The summed E-state index contributed by atoms with van der Waals surface area (Å²) in [6, 6.07) is 9.77. The highest BCUT2D eigenvalue weighted by atomic mass is 32.1. The molecule has 1 aromatic rings. The molecule has 4 saturated heterocycles. The van der Waals surface area contributed by atoms with Gasteiger partial charge in [-0.3, -0.25) is 0 Å². The molecule has 7 atom stereocenters. The van der Waals surface area contributed by atoms with Gasteiger partial charge in [-0.05, 0) is 69.3 Å². The van der Waals surface area contributed by atoms with E-state index in [1.165, 1.54) is 0 Å². The van der Waals surface area contributed by atoms with Gasteiger partial charge in [0.1, 0.15) is 12.2 Å². The summed E-state index contributed by atoms with van der Waals surface area (Å²) in [4.78, 5) is 12.0. The predicted molar refractivity (Wildman–Crippen MR) is 111 cm³/mol. The van der Waals surface area contributed by atoms with Crippen LogP contribution >= 0.6 is 12.2 Å². The minimum absolute atomic E-state index is 0.114. The van der Waals surface area contributed by atoms with E-state index in [1.807, 2.05) is 37.3 Å². The average Bonchev–Trinajstić information content (AvgIpc) is 2.79. The van der Waals surface area contributed by atoms with Crippen LogP contribution in [0.3, 0.4) is 0 Å². The lowest BCUT2D eigenvalue weighted by Crippen LogP contribution is -2.62. The van der Waals surface area contributed by atoms with Crippen LogP contribution in [0.25, 0.3) is 0 Å². The number of anilines is 1. The lowest BCUT2D eigenvalue weighted by molar-refractivity contribution is -0.541. The maximum atomic E-state index is 6.55. The van der Waals surface area contributed by atoms with Crippen LogP contribution in [0.15, 0.2) is 30.3 Å². The van der Waals surface area contributed by atoms with Crippen molar-refractivity contribution in [3.8, 4) is 0 Å². The highest BCUT2D eigenvalue weighted by Crippen LogP contribution is 2.63.